The molecule has 0 atom stereocenters. The zero-order valence-electron chi connectivity index (χ0n) is 8.18. The van der Waals surface area contributed by atoms with Gasteiger partial charge in [0, 0.05) is 10.9 Å². The number of carboxylic acid groups (broad SMARTS) is 1. The fourth-order valence-corrected chi connectivity index (χ4v) is 2.31. The number of carboxylic acids is 1. The topological polar surface area (TPSA) is 50.2 Å². The molecule has 1 heterocycles. The Morgan fingerprint density at radius 3 is 2.56 bits per heavy atom. The Hall–Kier alpha value is -1.39. The third-order valence-corrected chi connectivity index (χ3v) is 3.28. The highest BCUT2D eigenvalue weighted by Crippen LogP contribution is 2.24. The molecule has 0 spiro atoms. The van der Waals surface area contributed by atoms with Crippen LogP contribution < -0.4 is 0 Å². The van der Waals surface area contributed by atoms with Crippen molar-refractivity contribution in [2.24, 2.45) is 0 Å². The zero-order chi connectivity index (χ0) is 11.5. The number of benzene rings is 1. The van der Waals surface area contributed by atoms with Gasteiger partial charge in [0.2, 0.25) is 0 Å². The molecule has 0 bridgehead atoms. The van der Waals surface area contributed by atoms with Crippen LogP contribution in [-0.2, 0) is 5.88 Å². The maximum absolute atomic E-state index is 10.7. The second-order valence-electron chi connectivity index (χ2n) is 3.16. The first-order valence-electron chi connectivity index (χ1n) is 4.55. The second kappa shape index (κ2) is 4.63. The smallest absolute Gasteiger partial charge is 0.335 e. The van der Waals surface area contributed by atoms with Gasteiger partial charge in [0.25, 0.3) is 0 Å². The Morgan fingerprint density at radius 1 is 1.38 bits per heavy atom. The molecule has 0 saturated carbocycles. The van der Waals surface area contributed by atoms with Crippen molar-refractivity contribution in [1.29, 1.82) is 0 Å². The fourth-order valence-electron chi connectivity index (χ4n) is 1.26. The summed E-state index contributed by atoms with van der Waals surface area (Å²) < 4.78 is 0. The van der Waals surface area contributed by atoms with E-state index < -0.39 is 5.97 Å². The SMILES string of the molecule is O=C(O)c1ccc(-c2nc(CCl)cs2)cc1. The van der Waals surface area contributed by atoms with Gasteiger partial charge in [-0.3, -0.25) is 0 Å². The summed E-state index contributed by atoms with van der Waals surface area (Å²) in [5.74, 6) is -0.531. The summed E-state index contributed by atoms with van der Waals surface area (Å²) in [5, 5.41) is 11.5. The van der Waals surface area contributed by atoms with Gasteiger partial charge in [-0.25, -0.2) is 9.78 Å². The minimum absolute atomic E-state index is 0.276. The largest absolute Gasteiger partial charge is 0.478 e. The summed E-state index contributed by atoms with van der Waals surface area (Å²) in [6.07, 6.45) is 0. The van der Waals surface area contributed by atoms with Crippen LogP contribution in [0.5, 0.6) is 0 Å². The van der Waals surface area contributed by atoms with Crippen molar-refractivity contribution in [3.05, 3.63) is 40.9 Å². The third-order valence-electron chi connectivity index (χ3n) is 2.07. The van der Waals surface area contributed by atoms with Gasteiger partial charge in [0.1, 0.15) is 5.01 Å². The molecule has 5 heteroatoms. The van der Waals surface area contributed by atoms with Gasteiger partial charge in [0.15, 0.2) is 0 Å². The Balaban J connectivity index is 2.30. The Kier molecular flexibility index (Phi) is 3.22. The molecule has 1 N–H and O–H groups in total. The summed E-state index contributed by atoms with van der Waals surface area (Å²) in [4.78, 5) is 15.0. The molecule has 2 aromatic rings. The van der Waals surface area contributed by atoms with Crippen LogP contribution in [0.2, 0.25) is 0 Å². The molecule has 3 nitrogen and oxygen atoms in total. The predicted molar refractivity (Wildman–Crippen MR) is 64.1 cm³/mol. The summed E-state index contributed by atoms with van der Waals surface area (Å²) in [7, 11) is 0. The minimum Gasteiger partial charge on any atom is -0.478 e. The zero-order valence-corrected chi connectivity index (χ0v) is 9.76. The summed E-state index contributed by atoms with van der Waals surface area (Å²) >= 11 is 7.16. The number of halogens is 1. The van der Waals surface area contributed by atoms with E-state index in [1.54, 1.807) is 24.3 Å². The molecule has 0 aliphatic heterocycles. The molecule has 0 aliphatic carbocycles. The number of aromatic carboxylic acids is 1. The van der Waals surface area contributed by atoms with Crippen LogP contribution in [0.15, 0.2) is 29.6 Å². The number of alkyl halides is 1. The van der Waals surface area contributed by atoms with E-state index in [0.29, 0.717) is 5.88 Å². The van der Waals surface area contributed by atoms with E-state index in [2.05, 4.69) is 4.98 Å². The van der Waals surface area contributed by atoms with Gasteiger partial charge in [-0.1, -0.05) is 12.1 Å². The predicted octanol–water partition coefficient (Wildman–Crippen LogP) is 3.25. The number of rotatable bonds is 3. The molecule has 0 radical (unpaired) electrons. The molecule has 0 aliphatic rings. The first kappa shape index (κ1) is 11.1. The molecular formula is C11H8ClNO2S. The van der Waals surface area contributed by atoms with E-state index in [1.165, 1.54) is 11.3 Å². The highest BCUT2D eigenvalue weighted by atomic mass is 35.5. The van der Waals surface area contributed by atoms with Crippen LogP contribution in [0.1, 0.15) is 16.1 Å². The van der Waals surface area contributed by atoms with E-state index in [9.17, 15) is 4.79 Å². The van der Waals surface area contributed by atoms with Crippen LogP contribution >= 0.6 is 22.9 Å². The van der Waals surface area contributed by atoms with Crippen molar-refractivity contribution in [3.8, 4) is 10.6 Å². The van der Waals surface area contributed by atoms with Crippen molar-refractivity contribution in [1.82, 2.24) is 4.98 Å². The number of hydrogen-bond acceptors (Lipinski definition) is 3. The molecular weight excluding hydrogens is 246 g/mol. The Morgan fingerprint density at radius 2 is 2.06 bits per heavy atom. The van der Waals surface area contributed by atoms with Gasteiger partial charge < -0.3 is 5.11 Å². The highest BCUT2D eigenvalue weighted by molar-refractivity contribution is 7.13. The van der Waals surface area contributed by atoms with Crippen LogP contribution in [0.25, 0.3) is 10.6 Å². The maximum atomic E-state index is 10.7. The monoisotopic (exact) mass is 253 g/mol. The molecule has 1 aromatic heterocycles. The first-order chi connectivity index (χ1) is 7.70. The van der Waals surface area contributed by atoms with Crippen molar-refractivity contribution >= 4 is 28.9 Å². The standard InChI is InChI=1S/C11H8ClNO2S/c12-5-9-6-16-10(13-9)7-1-3-8(4-2-7)11(14)15/h1-4,6H,5H2,(H,14,15). The van der Waals surface area contributed by atoms with Gasteiger partial charge in [-0.2, -0.15) is 0 Å². The van der Waals surface area contributed by atoms with E-state index in [0.717, 1.165) is 16.3 Å². The average Bonchev–Trinajstić information content (AvgIpc) is 2.77. The number of nitrogens with zero attached hydrogens (tertiary/aromatic N) is 1. The molecule has 2 rings (SSSR count). The lowest BCUT2D eigenvalue weighted by molar-refractivity contribution is 0.0697. The van der Waals surface area contributed by atoms with Gasteiger partial charge in [-0.05, 0) is 12.1 Å². The lowest BCUT2D eigenvalue weighted by Gasteiger charge is -1.97. The van der Waals surface area contributed by atoms with Gasteiger partial charge in [0.05, 0.1) is 17.1 Å². The molecule has 0 saturated heterocycles. The molecule has 1 aromatic carbocycles. The Labute approximate surface area is 101 Å². The van der Waals surface area contributed by atoms with Crippen LogP contribution in [0.4, 0.5) is 0 Å². The first-order valence-corrected chi connectivity index (χ1v) is 5.96. The average molecular weight is 254 g/mol. The summed E-state index contributed by atoms with van der Waals surface area (Å²) in [5.41, 5.74) is 2.02. The normalized spacial score (nSPS) is 10.3. The fraction of sp³-hybridized carbons (Fsp3) is 0.0909. The molecule has 0 unspecified atom stereocenters. The second-order valence-corrected chi connectivity index (χ2v) is 4.29. The summed E-state index contributed by atoms with van der Waals surface area (Å²) in [6.45, 7) is 0. The molecule has 0 fully saturated rings. The quantitative estimate of drug-likeness (QED) is 0.855. The molecule has 16 heavy (non-hydrogen) atoms. The lowest BCUT2D eigenvalue weighted by Crippen LogP contribution is -1.94. The van der Waals surface area contributed by atoms with Crippen molar-refractivity contribution in [3.63, 3.8) is 0 Å². The van der Waals surface area contributed by atoms with Crippen LogP contribution in [-0.4, -0.2) is 16.1 Å². The van der Waals surface area contributed by atoms with Crippen LogP contribution in [0.3, 0.4) is 0 Å². The third kappa shape index (κ3) is 2.23. The summed E-state index contributed by atoms with van der Waals surface area (Å²) in [6, 6.07) is 6.64. The van der Waals surface area contributed by atoms with E-state index >= 15 is 0 Å². The van der Waals surface area contributed by atoms with E-state index in [1.807, 2.05) is 5.38 Å². The minimum atomic E-state index is -0.924. The number of hydrogen-bond donors (Lipinski definition) is 1. The van der Waals surface area contributed by atoms with Crippen LogP contribution in [0, 0.1) is 0 Å². The van der Waals surface area contributed by atoms with Crippen molar-refractivity contribution < 1.29 is 9.90 Å². The number of aromatic nitrogens is 1. The number of carbonyl (C=O) groups is 1. The van der Waals surface area contributed by atoms with Gasteiger partial charge >= 0.3 is 5.97 Å². The highest BCUT2D eigenvalue weighted by Gasteiger charge is 2.06. The van der Waals surface area contributed by atoms with E-state index in [-0.39, 0.29) is 5.56 Å². The van der Waals surface area contributed by atoms with Crippen molar-refractivity contribution in [2.75, 3.05) is 0 Å². The maximum Gasteiger partial charge on any atom is 0.335 e. The lowest BCUT2D eigenvalue weighted by atomic mass is 10.1. The molecule has 0 amide bonds. The van der Waals surface area contributed by atoms with Crippen molar-refractivity contribution in [2.45, 2.75) is 5.88 Å². The van der Waals surface area contributed by atoms with Gasteiger partial charge in [-0.15, -0.1) is 22.9 Å². The molecule has 82 valence electrons. The number of thiazole rings is 1. The van der Waals surface area contributed by atoms with E-state index in [4.69, 9.17) is 16.7 Å². The Bertz CT molecular complexity index is 507.